The SMILES string of the molecule is CN=C(NCCC(C)N(C)Cc1ccccc1)NCc1nnc2n1CCCCC2. The van der Waals surface area contributed by atoms with Gasteiger partial charge in [-0.1, -0.05) is 36.8 Å². The Hall–Kier alpha value is -2.41. The van der Waals surface area contributed by atoms with Crippen LogP contribution in [0.25, 0.3) is 0 Å². The number of benzene rings is 1. The minimum atomic E-state index is 0.480. The lowest BCUT2D eigenvalue weighted by atomic mass is 10.1. The zero-order chi connectivity index (χ0) is 20.5. The molecule has 1 aliphatic heterocycles. The van der Waals surface area contributed by atoms with Gasteiger partial charge in [0.1, 0.15) is 5.82 Å². The van der Waals surface area contributed by atoms with Crippen molar-refractivity contribution in [3.63, 3.8) is 0 Å². The smallest absolute Gasteiger partial charge is 0.191 e. The molecule has 0 aliphatic carbocycles. The third kappa shape index (κ3) is 6.29. The maximum absolute atomic E-state index is 4.38. The molecule has 1 aromatic heterocycles. The van der Waals surface area contributed by atoms with Crippen molar-refractivity contribution in [2.45, 2.75) is 64.7 Å². The molecule has 1 unspecified atom stereocenters. The fourth-order valence-corrected chi connectivity index (χ4v) is 3.71. The lowest BCUT2D eigenvalue weighted by Gasteiger charge is -2.25. The van der Waals surface area contributed by atoms with Gasteiger partial charge in [-0.3, -0.25) is 9.89 Å². The number of guanidine groups is 1. The average molecular weight is 398 g/mol. The number of aliphatic imine (C=N–C) groups is 1. The lowest BCUT2D eigenvalue weighted by Crippen LogP contribution is -2.40. The van der Waals surface area contributed by atoms with Crippen molar-refractivity contribution in [3.8, 4) is 0 Å². The first-order chi connectivity index (χ1) is 14.2. The minimum absolute atomic E-state index is 0.480. The molecular weight excluding hydrogens is 362 g/mol. The second-order valence-corrected chi connectivity index (χ2v) is 7.89. The summed E-state index contributed by atoms with van der Waals surface area (Å²) in [5, 5.41) is 15.6. The number of rotatable bonds is 8. The molecule has 0 radical (unpaired) electrons. The molecule has 0 bridgehead atoms. The van der Waals surface area contributed by atoms with Gasteiger partial charge >= 0.3 is 0 Å². The Bertz CT molecular complexity index is 769. The van der Waals surface area contributed by atoms with E-state index in [0.29, 0.717) is 12.6 Å². The van der Waals surface area contributed by atoms with E-state index in [9.17, 15) is 0 Å². The van der Waals surface area contributed by atoms with Crippen molar-refractivity contribution in [2.75, 3.05) is 20.6 Å². The van der Waals surface area contributed by atoms with Crippen molar-refractivity contribution in [3.05, 3.63) is 47.5 Å². The maximum Gasteiger partial charge on any atom is 0.191 e. The van der Waals surface area contributed by atoms with E-state index in [4.69, 9.17) is 0 Å². The molecular formula is C22H35N7. The molecule has 29 heavy (non-hydrogen) atoms. The Morgan fingerprint density at radius 2 is 2.00 bits per heavy atom. The number of hydrogen-bond acceptors (Lipinski definition) is 4. The predicted molar refractivity (Wildman–Crippen MR) is 118 cm³/mol. The highest BCUT2D eigenvalue weighted by atomic mass is 15.3. The van der Waals surface area contributed by atoms with E-state index in [1.54, 1.807) is 0 Å². The summed E-state index contributed by atoms with van der Waals surface area (Å²) in [5.74, 6) is 2.94. The van der Waals surface area contributed by atoms with Crippen molar-refractivity contribution in [1.82, 2.24) is 30.3 Å². The molecule has 1 aromatic carbocycles. The molecule has 0 saturated carbocycles. The number of nitrogens with zero attached hydrogens (tertiary/aromatic N) is 5. The summed E-state index contributed by atoms with van der Waals surface area (Å²) in [6.07, 6.45) is 5.78. The molecule has 158 valence electrons. The number of fused-ring (bicyclic) bond motifs is 1. The van der Waals surface area contributed by atoms with Gasteiger partial charge in [0.05, 0.1) is 6.54 Å². The van der Waals surface area contributed by atoms with Crippen LogP contribution in [0, 0.1) is 0 Å². The second kappa shape index (κ2) is 11.0. The molecule has 7 heteroatoms. The van der Waals surface area contributed by atoms with E-state index in [2.05, 4.69) is 79.6 Å². The van der Waals surface area contributed by atoms with Gasteiger partial charge in [-0.2, -0.15) is 0 Å². The van der Waals surface area contributed by atoms with Crippen molar-refractivity contribution in [2.24, 2.45) is 4.99 Å². The largest absolute Gasteiger partial charge is 0.356 e. The summed E-state index contributed by atoms with van der Waals surface area (Å²) in [5.41, 5.74) is 1.35. The average Bonchev–Trinajstić information content (AvgIpc) is 2.97. The van der Waals surface area contributed by atoms with Gasteiger partial charge < -0.3 is 15.2 Å². The summed E-state index contributed by atoms with van der Waals surface area (Å²) in [7, 11) is 3.99. The van der Waals surface area contributed by atoms with Crippen LogP contribution in [0.1, 0.15) is 49.8 Å². The highest BCUT2D eigenvalue weighted by molar-refractivity contribution is 5.79. The Kier molecular flexibility index (Phi) is 8.04. The zero-order valence-electron chi connectivity index (χ0n) is 18.1. The van der Waals surface area contributed by atoms with Gasteiger partial charge in [0.15, 0.2) is 11.8 Å². The van der Waals surface area contributed by atoms with Crippen LogP contribution in [0.2, 0.25) is 0 Å². The van der Waals surface area contributed by atoms with Crippen LogP contribution in [0.4, 0.5) is 0 Å². The van der Waals surface area contributed by atoms with Crippen molar-refractivity contribution in [1.29, 1.82) is 0 Å². The number of nitrogens with one attached hydrogen (secondary N) is 2. The quantitative estimate of drug-likeness (QED) is 0.529. The van der Waals surface area contributed by atoms with Gasteiger partial charge in [0.25, 0.3) is 0 Å². The molecule has 2 aromatic rings. The van der Waals surface area contributed by atoms with Gasteiger partial charge in [-0.15, -0.1) is 10.2 Å². The molecule has 0 amide bonds. The highest BCUT2D eigenvalue weighted by Crippen LogP contribution is 2.14. The van der Waals surface area contributed by atoms with E-state index in [1.807, 2.05) is 7.05 Å². The van der Waals surface area contributed by atoms with Crippen molar-refractivity contribution < 1.29 is 0 Å². The number of aryl methyl sites for hydroxylation is 1. The van der Waals surface area contributed by atoms with E-state index in [-0.39, 0.29) is 0 Å². The molecule has 1 atom stereocenters. The van der Waals surface area contributed by atoms with Gasteiger partial charge in [0.2, 0.25) is 0 Å². The van der Waals surface area contributed by atoms with E-state index in [0.717, 1.165) is 50.1 Å². The van der Waals surface area contributed by atoms with Gasteiger partial charge in [0, 0.05) is 39.1 Å². The summed E-state index contributed by atoms with van der Waals surface area (Å²) < 4.78 is 2.27. The maximum atomic E-state index is 4.38. The van der Waals surface area contributed by atoms with Gasteiger partial charge in [-0.25, -0.2) is 0 Å². The fraction of sp³-hybridized carbons (Fsp3) is 0.591. The third-order valence-corrected chi connectivity index (χ3v) is 5.71. The fourth-order valence-electron chi connectivity index (χ4n) is 3.71. The molecule has 3 rings (SSSR count). The first kappa shape index (κ1) is 21.3. The van der Waals surface area contributed by atoms with E-state index in [1.165, 1.54) is 24.8 Å². The second-order valence-electron chi connectivity index (χ2n) is 7.89. The first-order valence-corrected chi connectivity index (χ1v) is 10.8. The molecule has 2 heterocycles. The topological polar surface area (TPSA) is 70.4 Å². The van der Waals surface area contributed by atoms with Crippen LogP contribution in [0.3, 0.4) is 0 Å². The summed E-state index contributed by atoms with van der Waals surface area (Å²) in [4.78, 5) is 6.74. The molecule has 1 aliphatic rings. The monoisotopic (exact) mass is 397 g/mol. The molecule has 0 spiro atoms. The molecule has 7 nitrogen and oxygen atoms in total. The number of hydrogen-bond donors (Lipinski definition) is 2. The number of aromatic nitrogens is 3. The Morgan fingerprint density at radius 1 is 1.17 bits per heavy atom. The van der Waals surface area contributed by atoms with E-state index >= 15 is 0 Å². The van der Waals surface area contributed by atoms with E-state index < -0.39 is 0 Å². The molecule has 0 fully saturated rings. The Labute approximate surface area is 174 Å². The Morgan fingerprint density at radius 3 is 2.79 bits per heavy atom. The lowest BCUT2D eigenvalue weighted by molar-refractivity contribution is 0.238. The van der Waals surface area contributed by atoms with Crippen LogP contribution in [0.15, 0.2) is 35.3 Å². The highest BCUT2D eigenvalue weighted by Gasteiger charge is 2.15. The Balaban J connectivity index is 1.41. The minimum Gasteiger partial charge on any atom is -0.356 e. The molecule has 0 saturated heterocycles. The predicted octanol–water partition coefficient (Wildman–Crippen LogP) is 2.58. The van der Waals surface area contributed by atoms with Crippen molar-refractivity contribution >= 4 is 5.96 Å². The summed E-state index contributed by atoms with van der Waals surface area (Å²) in [6, 6.07) is 11.1. The van der Waals surface area contributed by atoms with Crippen LogP contribution in [0.5, 0.6) is 0 Å². The normalized spacial score (nSPS) is 15.7. The van der Waals surface area contributed by atoms with Crippen LogP contribution in [-0.2, 0) is 26.1 Å². The zero-order valence-corrected chi connectivity index (χ0v) is 18.1. The first-order valence-electron chi connectivity index (χ1n) is 10.8. The third-order valence-electron chi connectivity index (χ3n) is 5.71. The summed E-state index contributed by atoms with van der Waals surface area (Å²) >= 11 is 0. The van der Waals surface area contributed by atoms with Crippen LogP contribution in [-0.4, -0.2) is 52.3 Å². The van der Waals surface area contributed by atoms with Crippen LogP contribution < -0.4 is 10.6 Å². The van der Waals surface area contributed by atoms with Crippen LogP contribution >= 0.6 is 0 Å². The molecule has 2 N–H and O–H groups in total. The standard InChI is InChI=1S/C22H35N7/c1-18(28(3)17-19-10-6-4-7-11-19)13-14-24-22(23-2)25-16-21-27-26-20-12-8-5-9-15-29(20)21/h4,6-7,10-11,18H,5,8-9,12-17H2,1-3H3,(H2,23,24,25). The summed E-state index contributed by atoms with van der Waals surface area (Å²) in [6.45, 7) is 5.78. The van der Waals surface area contributed by atoms with Gasteiger partial charge in [-0.05, 0) is 38.8 Å².